The molecule has 0 aliphatic rings. The highest BCUT2D eigenvalue weighted by Gasteiger charge is 2.20. The van der Waals surface area contributed by atoms with E-state index in [1.54, 1.807) is 0 Å². The highest BCUT2D eigenvalue weighted by atomic mass is 16.5. The number of rotatable bonds is 62. The number of aliphatic hydroxyl groups excluding tert-OH is 2. The first kappa shape index (κ1) is 72.1. The minimum atomic E-state index is -0.667. The van der Waals surface area contributed by atoms with Crippen molar-refractivity contribution in [1.29, 1.82) is 0 Å². The minimum Gasteiger partial charge on any atom is -0.466 e. The Morgan fingerprint density at radius 1 is 0.378 bits per heavy atom. The Balaban J connectivity index is 3.40. The minimum absolute atomic E-state index is 0.000272. The predicted octanol–water partition coefficient (Wildman–Crippen LogP) is 21.1. The number of allylic oxidation sites excluding steroid dienone is 6. The third-order valence-corrected chi connectivity index (χ3v) is 15.4. The molecule has 0 aliphatic carbocycles. The summed E-state index contributed by atoms with van der Waals surface area (Å²) >= 11 is 0. The summed E-state index contributed by atoms with van der Waals surface area (Å²) in [6.07, 6.45) is 80.2. The van der Waals surface area contributed by atoms with Gasteiger partial charge in [0, 0.05) is 12.8 Å². The van der Waals surface area contributed by atoms with Crippen LogP contribution in [-0.2, 0) is 14.3 Å². The first-order chi connectivity index (χ1) is 36.5. The van der Waals surface area contributed by atoms with Crippen LogP contribution in [0.15, 0.2) is 36.5 Å². The van der Waals surface area contributed by atoms with Crippen molar-refractivity contribution in [3.63, 3.8) is 0 Å². The van der Waals surface area contributed by atoms with Crippen LogP contribution in [0.4, 0.5) is 0 Å². The lowest BCUT2D eigenvalue weighted by Crippen LogP contribution is -2.45. The van der Waals surface area contributed by atoms with E-state index in [2.05, 4.69) is 55.6 Å². The van der Waals surface area contributed by atoms with Crippen molar-refractivity contribution in [2.24, 2.45) is 0 Å². The summed E-state index contributed by atoms with van der Waals surface area (Å²) in [5.74, 6) is -0.0357. The van der Waals surface area contributed by atoms with E-state index < -0.39 is 12.1 Å². The van der Waals surface area contributed by atoms with E-state index in [1.165, 1.54) is 276 Å². The topological polar surface area (TPSA) is 95.9 Å². The van der Waals surface area contributed by atoms with Crippen molar-refractivity contribution in [3.05, 3.63) is 36.5 Å². The second-order valence-electron chi connectivity index (χ2n) is 22.8. The van der Waals surface area contributed by atoms with E-state index in [9.17, 15) is 19.8 Å². The van der Waals surface area contributed by atoms with Gasteiger partial charge in [0.15, 0.2) is 0 Å². The number of ether oxygens (including phenoxy) is 1. The number of hydrogen-bond acceptors (Lipinski definition) is 5. The molecule has 2 unspecified atom stereocenters. The first-order valence-corrected chi connectivity index (χ1v) is 33.2. The van der Waals surface area contributed by atoms with Crippen molar-refractivity contribution < 1.29 is 24.5 Å². The monoisotopic (exact) mass is 1040 g/mol. The normalized spacial score (nSPS) is 12.8. The van der Waals surface area contributed by atoms with Crippen LogP contribution in [0.5, 0.6) is 0 Å². The predicted molar refractivity (Wildman–Crippen MR) is 324 cm³/mol. The van der Waals surface area contributed by atoms with Crippen LogP contribution in [0.1, 0.15) is 361 Å². The molecule has 1 amide bonds. The van der Waals surface area contributed by atoms with E-state index in [4.69, 9.17) is 4.74 Å². The molecular formula is C68H129NO5. The molecule has 2 atom stereocenters. The number of carbonyl (C=O) groups excluding carboxylic acids is 2. The Bertz CT molecular complexity index is 1200. The van der Waals surface area contributed by atoms with Gasteiger partial charge in [-0.25, -0.2) is 0 Å². The van der Waals surface area contributed by atoms with Gasteiger partial charge < -0.3 is 20.3 Å². The van der Waals surface area contributed by atoms with Crippen LogP contribution in [0.25, 0.3) is 0 Å². The Hall–Kier alpha value is -1.92. The summed E-state index contributed by atoms with van der Waals surface area (Å²) in [7, 11) is 0. The molecule has 0 rings (SSSR count). The molecule has 0 aromatic rings. The summed E-state index contributed by atoms with van der Waals surface area (Å²) in [5.41, 5.74) is 0. The SMILES string of the molecule is CCCCCC/C=C\C/C=C\CCCCCCCC(=O)OCCCCCCCCCCCCCC/C=C\CCCCCCCCCCCC(=O)NC(CO)C(O)CCCCCCCCCCCCCCCCCC. The molecule has 0 aromatic carbocycles. The van der Waals surface area contributed by atoms with Crippen LogP contribution >= 0.6 is 0 Å². The molecule has 3 N–H and O–H groups in total. The summed E-state index contributed by atoms with van der Waals surface area (Å²) in [6.45, 7) is 4.95. The maximum Gasteiger partial charge on any atom is 0.305 e. The molecule has 0 fully saturated rings. The van der Waals surface area contributed by atoms with Crippen LogP contribution in [0.3, 0.4) is 0 Å². The van der Waals surface area contributed by atoms with E-state index in [0.29, 0.717) is 25.9 Å². The van der Waals surface area contributed by atoms with Gasteiger partial charge in [0.2, 0.25) is 5.91 Å². The molecule has 0 radical (unpaired) electrons. The van der Waals surface area contributed by atoms with E-state index in [1.807, 2.05) is 0 Å². The lowest BCUT2D eigenvalue weighted by Gasteiger charge is -2.22. The molecule has 0 spiro atoms. The number of nitrogens with one attached hydrogen (secondary N) is 1. The Morgan fingerprint density at radius 3 is 1.05 bits per heavy atom. The van der Waals surface area contributed by atoms with Crippen molar-refractivity contribution in [2.75, 3.05) is 13.2 Å². The average molecular weight is 1040 g/mol. The molecular weight excluding hydrogens is 911 g/mol. The summed E-state index contributed by atoms with van der Waals surface area (Å²) < 4.78 is 5.48. The third kappa shape index (κ3) is 59.3. The fraction of sp³-hybridized carbons (Fsp3) is 0.882. The number of aliphatic hydroxyl groups is 2. The van der Waals surface area contributed by atoms with E-state index in [0.717, 1.165) is 51.4 Å². The lowest BCUT2D eigenvalue weighted by molar-refractivity contribution is -0.143. The average Bonchev–Trinajstić information content (AvgIpc) is 3.40. The zero-order valence-corrected chi connectivity index (χ0v) is 49.8. The van der Waals surface area contributed by atoms with Crippen molar-refractivity contribution in [1.82, 2.24) is 5.32 Å². The summed E-state index contributed by atoms with van der Waals surface area (Å²) in [6, 6.07) is -0.544. The molecule has 74 heavy (non-hydrogen) atoms. The Kier molecular flexibility index (Phi) is 62.0. The maximum atomic E-state index is 12.5. The summed E-state index contributed by atoms with van der Waals surface area (Å²) in [5, 5.41) is 23.3. The number of amides is 1. The molecule has 0 saturated heterocycles. The largest absolute Gasteiger partial charge is 0.466 e. The van der Waals surface area contributed by atoms with E-state index in [-0.39, 0.29) is 18.5 Å². The highest BCUT2D eigenvalue weighted by Crippen LogP contribution is 2.18. The van der Waals surface area contributed by atoms with Gasteiger partial charge in [-0.1, -0.05) is 301 Å². The second kappa shape index (κ2) is 63.6. The fourth-order valence-corrected chi connectivity index (χ4v) is 10.3. The van der Waals surface area contributed by atoms with Crippen LogP contribution in [0, 0.1) is 0 Å². The lowest BCUT2D eigenvalue weighted by atomic mass is 10.0. The van der Waals surface area contributed by atoms with Gasteiger partial charge >= 0.3 is 5.97 Å². The number of carbonyl (C=O) groups is 2. The third-order valence-electron chi connectivity index (χ3n) is 15.4. The molecule has 0 heterocycles. The number of unbranched alkanes of at least 4 members (excludes halogenated alkanes) is 45. The quantitative estimate of drug-likeness (QED) is 0.0320. The van der Waals surface area contributed by atoms with Crippen LogP contribution in [0.2, 0.25) is 0 Å². The zero-order valence-electron chi connectivity index (χ0n) is 49.8. The van der Waals surface area contributed by atoms with Gasteiger partial charge in [0.1, 0.15) is 0 Å². The number of esters is 1. The van der Waals surface area contributed by atoms with Gasteiger partial charge in [0.25, 0.3) is 0 Å². The molecule has 0 bridgehead atoms. The number of hydrogen-bond donors (Lipinski definition) is 3. The van der Waals surface area contributed by atoms with Gasteiger partial charge in [-0.2, -0.15) is 0 Å². The highest BCUT2D eigenvalue weighted by molar-refractivity contribution is 5.76. The van der Waals surface area contributed by atoms with Crippen LogP contribution in [-0.4, -0.2) is 47.4 Å². The van der Waals surface area contributed by atoms with Crippen molar-refractivity contribution in [2.45, 2.75) is 373 Å². The van der Waals surface area contributed by atoms with Gasteiger partial charge in [-0.3, -0.25) is 9.59 Å². The molecule has 436 valence electrons. The van der Waals surface area contributed by atoms with Gasteiger partial charge in [-0.05, 0) is 83.5 Å². The standard InChI is InChI=1S/C68H129NO5/c1-3-5-7-9-11-13-15-17-19-32-36-40-44-48-52-56-60-66(71)65(64-70)69-67(72)61-57-53-49-45-41-37-33-30-28-26-24-22-21-23-25-27-29-31-35-39-43-47-51-55-59-63-74-68(73)62-58-54-50-46-42-38-34-20-18-16-14-12-10-8-6-4-2/h14,16,20,22,24,34,65-66,70-71H,3-13,15,17-19,21,23,25-33,35-64H2,1-2H3,(H,69,72)/b16-14-,24-22-,34-20-. The molecule has 6 nitrogen and oxygen atoms in total. The molecule has 0 aromatic heterocycles. The Labute approximate surface area is 462 Å². The zero-order chi connectivity index (χ0) is 53.6. The van der Waals surface area contributed by atoms with Crippen molar-refractivity contribution in [3.8, 4) is 0 Å². The van der Waals surface area contributed by atoms with E-state index >= 15 is 0 Å². The second-order valence-corrected chi connectivity index (χ2v) is 22.8. The smallest absolute Gasteiger partial charge is 0.305 e. The molecule has 6 heteroatoms. The van der Waals surface area contributed by atoms with Gasteiger partial charge in [-0.15, -0.1) is 0 Å². The van der Waals surface area contributed by atoms with Crippen molar-refractivity contribution >= 4 is 11.9 Å². The first-order valence-electron chi connectivity index (χ1n) is 33.2. The maximum absolute atomic E-state index is 12.5. The van der Waals surface area contributed by atoms with Gasteiger partial charge in [0.05, 0.1) is 25.4 Å². The molecule has 0 saturated carbocycles. The summed E-state index contributed by atoms with van der Waals surface area (Å²) in [4.78, 5) is 24.6. The Morgan fingerprint density at radius 2 is 0.676 bits per heavy atom. The van der Waals surface area contributed by atoms with Crippen LogP contribution < -0.4 is 5.32 Å². The molecule has 0 aliphatic heterocycles. The fourth-order valence-electron chi connectivity index (χ4n) is 10.3.